The molecule has 1 fully saturated rings. The standard InChI is InChI=1S/C25H26NSSi.C11H8N.Ir/c1-28(2,3)23-13-12-19(25-24(23)20-10-6-7-11-22(20)27-25)21-16-18(14-15-26-21)17-8-4-5-9-17;1-2-6-10(7-3-1)11-8-4-5-9-12-11;/h6-7,10-11,13-17H,4-5,8-9H2,1-3H3;1-6,8-9H;/q2*-1;. The van der Waals surface area contributed by atoms with E-state index in [-0.39, 0.29) is 20.1 Å². The summed E-state index contributed by atoms with van der Waals surface area (Å²) >= 11 is 1.90. The number of benzene rings is 3. The third-order valence-corrected chi connectivity index (χ3v) is 11.0. The largest absolute Gasteiger partial charge is 0.305 e. The number of aromatic nitrogens is 2. The molecule has 0 atom stereocenters. The zero-order chi connectivity index (χ0) is 27.5. The molecule has 7 rings (SSSR count). The minimum absolute atomic E-state index is 0. The van der Waals surface area contributed by atoms with Crippen LogP contribution in [0.4, 0.5) is 0 Å². The van der Waals surface area contributed by atoms with E-state index in [1.54, 1.807) is 6.20 Å². The molecule has 1 aliphatic rings. The quantitative estimate of drug-likeness (QED) is 0.133. The van der Waals surface area contributed by atoms with Gasteiger partial charge in [-0.1, -0.05) is 79.8 Å². The van der Waals surface area contributed by atoms with Crippen LogP contribution in [0.5, 0.6) is 0 Å². The van der Waals surface area contributed by atoms with E-state index < -0.39 is 8.07 Å². The van der Waals surface area contributed by atoms with Crippen LogP contribution in [-0.2, 0) is 20.1 Å². The molecule has 0 aliphatic heterocycles. The third-order valence-electron chi connectivity index (χ3n) is 7.78. The second-order valence-corrected chi connectivity index (χ2v) is 17.7. The van der Waals surface area contributed by atoms with E-state index in [4.69, 9.17) is 4.98 Å². The summed E-state index contributed by atoms with van der Waals surface area (Å²) in [6.07, 6.45) is 9.15. The molecule has 0 spiro atoms. The van der Waals surface area contributed by atoms with Crippen LogP contribution in [0.1, 0.15) is 37.2 Å². The van der Waals surface area contributed by atoms with Crippen LogP contribution in [0.25, 0.3) is 42.7 Å². The van der Waals surface area contributed by atoms with E-state index in [9.17, 15) is 0 Å². The first-order valence-corrected chi connectivity index (χ1v) is 18.5. The predicted molar refractivity (Wildman–Crippen MR) is 174 cm³/mol. The molecule has 1 radical (unpaired) electrons. The van der Waals surface area contributed by atoms with Gasteiger partial charge in [-0.15, -0.1) is 58.8 Å². The normalized spacial score (nSPS) is 13.5. The molecule has 3 heterocycles. The predicted octanol–water partition coefficient (Wildman–Crippen LogP) is 9.67. The number of hydrogen-bond acceptors (Lipinski definition) is 3. The van der Waals surface area contributed by atoms with Crippen LogP contribution < -0.4 is 5.19 Å². The topological polar surface area (TPSA) is 25.8 Å². The Hall–Kier alpha value is -2.95. The van der Waals surface area contributed by atoms with E-state index >= 15 is 0 Å². The van der Waals surface area contributed by atoms with Gasteiger partial charge < -0.3 is 9.97 Å². The van der Waals surface area contributed by atoms with Gasteiger partial charge in [0.05, 0.1) is 0 Å². The Balaban J connectivity index is 0.000000218. The van der Waals surface area contributed by atoms with Crippen molar-refractivity contribution in [2.45, 2.75) is 51.2 Å². The number of fused-ring (bicyclic) bond motifs is 3. The van der Waals surface area contributed by atoms with Gasteiger partial charge in [-0.05, 0) is 58.4 Å². The van der Waals surface area contributed by atoms with Crippen molar-refractivity contribution >= 4 is 44.8 Å². The SMILES string of the molecule is C[Si](C)(C)c1c[c-]c(-c2cc(C3CCCC3)ccn2)c2sc3ccccc3c12.[Ir].[c-]1ccccc1-c1ccccn1. The van der Waals surface area contributed by atoms with E-state index in [0.29, 0.717) is 5.92 Å². The zero-order valence-electron chi connectivity index (χ0n) is 23.8. The van der Waals surface area contributed by atoms with Crippen LogP contribution in [0.15, 0.2) is 97.3 Å². The maximum Gasteiger partial charge on any atom is 0.0300 e. The average molecular weight is 747 g/mol. The molecule has 0 unspecified atom stereocenters. The molecule has 0 N–H and O–H groups in total. The summed E-state index contributed by atoms with van der Waals surface area (Å²) in [5.74, 6) is 0.709. The van der Waals surface area contributed by atoms with Gasteiger partial charge in [-0.25, -0.2) is 0 Å². The van der Waals surface area contributed by atoms with Crippen LogP contribution in [-0.4, -0.2) is 18.0 Å². The molecular weight excluding hydrogens is 713 g/mol. The van der Waals surface area contributed by atoms with Gasteiger partial charge in [0, 0.05) is 45.3 Å². The van der Waals surface area contributed by atoms with Gasteiger partial charge in [-0.2, -0.15) is 11.3 Å². The molecule has 41 heavy (non-hydrogen) atoms. The van der Waals surface area contributed by atoms with Gasteiger partial charge >= 0.3 is 0 Å². The number of hydrogen-bond donors (Lipinski definition) is 0. The van der Waals surface area contributed by atoms with Crippen LogP contribution in [0.2, 0.25) is 19.6 Å². The Morgan fingerprint density at radius 3 is 2.29 bits per heavy atom. The van der Waals surface area contributed by atoms with Crippen molar-refractivity contribution in [2.24, 2.45) is 0 Å². The van der Waals surface area contributed by atoms with Gasteiger partial charge in [0.25, 0.3) is 0 Å². The van der Waals surface area contributed by atoms with Gasteiger partial charge in [0.1, 0.15) is 0 Å². The Bertz CT molecular complexity index is 1700. The monoisotopic (exact) mass is 747 g/mol. The molecule has 1 saturated carbocycles. The number of nitrogens with zero attached hydrogens (tertiary/aromatic N) is 2. The summed E-state index contributed by atoms with van der Waals surface area (Å²) in [5.41, 5.74) is 5.73. The first kappa shape index (κ1) is 29.5. The van der Waals surface area contributed by atoms with Crippen LogP contribution in [0.3, 0.4) is 0 Å². The van der Waals surface area contributed by atoms with Gasteiger partial charge in [0.15, 0.2) is 0 Å². The molecule has 0 bridgehead atoms. The minimum atomic E-state index is -1.48. The van der Waals surface area contributed by atoms with Crippen LogP contribution >= 0.6 is 11.3 Å². The maximum absolute atomic E-state index is 4.78. The average Bonchev–Trinajstić information content (AvgIpc) is 3.67. The Morgan fingerprint density at radius 2 is 1.56 bits per heavy atom. The summed E-state index contributed by atoms with van der Waals surface area (Å²) < 4.78 is 2.72. The Labute approximate surface area is 262 Å². The summed E-state index contributed by atoms with van der Waals surface area (Å²) in [5, 5.41) is 4.35. The third kappa shape index (κ3) is 6.44. The second kappa shape index (κ2) is 12.9. The van der Waals surface area contributed by atoms with Crippen LogP contribution in [0, 0.1) is 12.1 Å². The zero-order valence-corrected chi connectivity index (χ0v) is 28.0. The molecule has 209 valence electrons. The molecule has 1 aliphatic carbocycles. The Kier molecular flexibility index (Phi) is 9.30. The Morgan fingerprint density at radius 1 is 0.805 bits per heavy atom. The number of rotatable bonds is 4. The van der Waals surface area contributed by atoms with Crippen molar-refractivity contribution < 1.29 is 20.1 Å². The summed E-state index contributed by atoms with van der Waals surface area (Å²) in [7, 11) is -1.48. The van der Waals surface area contributed by atoms with E-state index in [1.165, 1.54) is 62.2 Å². The summed E-state index contributed by atoms with van der Waals surface area (Å²) in [4.78, 5) is 9.00. The molecule has 5 heteroatoms. The molecule has 0 saturated heterocycles. The minimum Gasteiger partial charge on any atom is -0.305 e. The van der Waals surface area contributed by atoms with Crippen molar-refractivity contribution in [3.8, 4) is 22.5 Å². The molecular formula is C36H34IrN2SSi-2. The van der Waals surface area contributed by atoms with Crippen molar-refractivity contribution in [1.29, 1.82) is 0 Å². The van der Waals surface area contributed by atoms with Crippen molar-refractivity contribution in [2.75, 3.05) is 0 Å². The molecule has 3 aromatic heterocycles. The fraction of sp³-hybridized carbons (Fsp3) is 0.222. The van der Waals surface area contributed by atoms with E-state index in [1.807, 2.05) is 60.0 Å². The summed E-state index contributed by atoms with van der Waals surface area (Å²) in [6, 6.07) is 36.1. The fourth-order valence-corrected chi connectivity index (χ4v) is 8.56. The number of thiophene rings is 1. The fourth-order valence-electron chi connectivity index (χ4n) is 5.72. The van der Waals surface area contributed by atoms with E-state index in [2.05, 4.69) is 79.2 Å². The molecule has 0 amide bonds. The molecule has 3 aromatic carbocycles. The molecule has 6 aromatic rings. The summed E-state index contributed by atoms with van der Waals surface area (Å²) in [6.45, 7) is 7.29. The maximum atomic E-state index is 4.78. The van der Waals surface area contributed by atoms with Crippen molar-refractivity contribution in [3.05, 3.63) is 115 Å². The van der Waals surface area contributed by atoms with Gasteiger partial charge in [-0.3, -0.25) is 0 Å². The number of pyridine rings is 2. The second-order valence-electron chi connectivity index (χ2n) is 11.6. The van der Waals surface area contributed by atoms with Crippen molar-refractivity contribution in [1.82, 2.24) is 9.97 Å². The smallest absolute Gasteiger partial charge is 0.0300 e. The van der Waals surface area contributed by atoms with E-state index in [0.717, 1.165) is 17.0 Å². The van der Waals surface area contributed by atoms with Gasteiger partial charge in [0.2, 0.25) is 0 Å². The molecule has 2 nitrogen and oxygen atoms in total. The first-order chi connectivity index (χ1) is 19.5. The van der Waals surface area contributed by atoms with Crippen molar-refractivity contribution in [3.63, 3.8) is 0 Å². The first-order valence-electron chi connectivity index (χ1n) is 14.2.